The third-order valence-electron chi connectivity index (χ3n) is 8.04. The minimum absolute atomic E-state index is 0.0246. The van der Waals surface area contributed by atoms with Crippen LogP contribution in [0.5, 0.6) is 0 Å². The van der Waals surface area contributed by atoms with Crippen LogP contribution in [0.4, 0.5) is 0 Å². The molecule has 0 aliphatic carbocycles. The lowest BCUT2D eigenvalue weighted by atomic mass is 9.89. The molecule has 35 heavy (non-hydrogen) atoms. The third kappa shape index (κ3) is 5.23. The monoisotopic (exact) mass is 492 g/mol. The van der Waals surface area contributed by atoms with E-state index >= 15 is 0 Å². The van der Waals surface area contributed by atoms with Crippen molar-refractivity contribution in [3.63, 3.8) is 0 Å². The number of hydrogen-bond donors (Lipinski definition) is 1. The van der Waals surface area contributed by atoms with Gasteiger partial charge in [-0.2, -0.15) is 5.26 Å². The Bertz CT molecular complexity index is 851. The summed E-state index contributed by atoms with van der Waals surface area (Å²) in [5, 5.41) is 12.8. The highest BCUT2D eigenvalue weighted by molar-refractivity contribution is 5.79. The molecule has 0 radical (unpaired) electrons. The molecule has 5 rings (SSSR count). The molecule has 0 aromatic rings. The number of nitrogens with one attached hydrogen (secondary N) is 1. The average molecular weight is 493 g/mol. The SMILES string of the molecule is CC1(NCC(=O)N2CCC[C@H]2C#N)CCN(C[C@H]2O[C@@H]3OC(C)(C)O[C@@H]3[C@H]3OC(C)(C)O[C@H]32)CC1. The number of ether oxygens (including phenoxy) is 5. The van der Waals surface area contributed by atoms with Gasteiger partial charge < -0.3 is 38.8 Å². The number of likely N-dealkylation sites (tertiary alicyclic amines) is 2. The van der Waals surface area contributed by atoms with E-state index in [1.54, 1.807) is 4.90 Å². The highest BCUT2D eigenvalue weighted by Gasteiger charge is 2.60. The van der Waals surface area contributed by atoms with Gasteiger partial charge in [-0.1, -0.05) is 0 Å². The van der Waals surface area contributed by atoms with E-state index in [4.69, 9.17) is 23.7 Å². The molecule has 0 unspecified atom stereocenters. The molecule has 5 aliphatic heterocycles. The Balaban J connectivity index is 1.15. The van der Waals surface area contributed by atoms with Gasteiger partial charge in [-0.25, -0.2) is 0 Å². The van der Waals surface area contributed by atoms with Gasteiger partial charge in [0, 0.05) is 18.6 Å². The Morgan fingerprint density at radius 2 is 1.63 bits per heavy atom. The Labute approximate surface area is 208 Å². The predicted octanol–water partition coefficient (Wildman–Crippen LogP) is 1.34. The van der Waals surface area contributed by atoms with Crippen molar-refractivity contribution in [3.05, 3.63) is 0 Å². The number of rotatable bonds is 5. The van der Waals surface area contributed by atoms with Crippen LogP contribution >= 0.6 is 0 Å². The minimum Gasteiger partial charge on any atom is -0.342 e. The summed E-state index contributed by atoms with van der Waals surface area (Å²) in [4.78, 5) is 16.8. The number of piperidine rings is 1. The molecule has 6 atom stereocenters. The Morgan fingerprint density at radius 1 is 0.971 bits per heavy atom. The highest BCUT2D eigenvalue weighted by Crippen LogP contribution is 2.44. The summed E-state index contributed by atoms with van der Waals surface area (Å²) in [7, 11) is 0. The second-order valence-corrected chi connectivity index (χ2v) is 11.8. The fourth-order valence-electron chi connectivity index (χ4n) is 6.09. The normalized spacial score (nSPS) is 39.7. The van der Waals surface area contributed by atoms with E-state index in [9.17, 15) is 10.1 Å². The zero-order chi connectivity index (χ0) is 25.0. The van der Waals surface area contributed by atoms with Crippen molar-refractivity contribution in [1.82, 2.24) is 15.1 Å². The van der Waals surface area contributed by atoms with Crippen LogP contribution in [0.3, 0.4) is 0 Å². The molecule has 1 amide bonds. The first-order valence-electron chi connectivity index (χ1n) is 13.0. The van der Waals surface area contributed by atoms with Crippen LogP contribution in [0.25, 0.3) is 0 Å². The van der Waals surface area contributed by atoms with Crippen molar-refractivity contribution in [2.75, 3.05) is 32.7 Å². The molecular formula is C25H40N4O6. The van der Waals surface area contributed by atoms with E-state index in [-0.39, 0.29) is 48.4 Å². The molecule has 5 fully saturated rings. The highest BCUT2D eigenvalue weighted by atomic mass is 16.9. The third-order valence-corrected chi connectivity index (χ3v) is 8.04. The zero-order valence-corrected chi connectivity index (χ0v) is 21.6. The topological polar surface area (TPSA) is 106 Å². The average Bonchev–Trinajstić information content (AvgIpc) is 3.47. The van der Waals surface area contributed by atoms with Gasteiger partial charge in [0.05, 0.1) is 12.6 Å². The molecular weight excluding hydrogens is 452 g/mol. The lowest BCUT2D eigenvalue weighted by Gasteiger charge is -2.43. The number of fused-ring (bicyclic) bond motifs is 3. The molecule has 5 heterocycles. The first-order chi connectivity index (χ1) is 16.5. The van der Waals surface area contributed by atoms with E-state index in [0.717, 1.165) is 45.3 Å². The van der Waals surface area contributed by atoms with Gasteiger partial charge in [0.25, 0.3) is 0 Å². The van der Waals surface area contributed by atoms with E-state index in [0.29, 0.717) is 6.54 Å². The van der Waals surface area contributed by atoms with Crippen molar-refractivity contribution >= 4 is 5.91 Å². The molecule has 1 N–H and O–H groups in total. The second kappa shape index (κ2) is 9.21. The van der Waals surface area contributed by atoms with Crippen molar-refractivity contribution in [2.45, 2.75) is 114 Å². The summed E-state index contributed by atoms with van der Waals surface area (Å²) in [6, 6.07) is 1.98. The van der Waals surface area contributed by atoms with Gasteiger partial charge in [0.15, 0.2) is 17.9 Å². The lowest BCUT2D eigenvalue weighted by Crippen LogP contribution is -2.60. The molecule has 5 saturated heterocycles. The predicted molar refractivity (Wildman–Crippen MR) is 125 cm³/mol. The van der Waals surface area contributed by atoms with Gasteiger partial charge in [0.2, 0.25) is 5.91 Å². The summed E-state index contributed by atoms with van der Waals surface area (Å²) in [6.07, 6.45) is 2.11. The first-order valence-corrected chi connectivity index (χ1v) is 13.0. The number of carbonyl (C=O) groups is 1. The number of nitriles is 1. The van der Waals surface area contributed by atoms with Gasteiger partial charge in [-0.05, 0) is 73.4 Å². The maximum absolute atomic E-state index is 12.7. The van der Waals surface area contributed by atoms with Gasteiger partial charge in [0.1, 0.15) is 30.5 Å². The molecule has 5 aliphatic rings. The van der Waals surface area contributed by atoms with Crippen molar-refractivity contribution in [2.24, 2.45) is 0 Å². The fourth-order valence-corrected chi connectivity index (χ4v) is 6.09. The van der Waals surface area contributed by atoms with Gasteiger partial charge in [-0.3, -0.25) is 4.79 Å². The van der Waals surface area contributed by atoms with Gasteiger partial charge >= 0.3 is 0 Å². The maximum atomic E-state index is 12.7. The van der Waals surface area contributed by atoms with E-state index in [1.807, 2.05) is 27.7 Å². The molecule has 0 bridgehead atoms. The Hall–Kier alpha value is -1.32. The fraction of sp³-hybridized carbons (Fsp3) is 0.920. The van der Waals surface area contributed by atoms with Crippen LogP contribution < -0.4 is 5.32 Å². The largest absolute Gasteiger partial charge is 0.342 e. The van der Waals surface area contributed by atoms with E-state index < -0.39 is 17.9 Å². The van der Waals surface area contributed by atoms with E-state index in [1.165, 1.54) is 0 Å². The molecule has 0 aromatic carbocycles. The van der Waals surface area contributed by atoms with Crippen LogP contribution in [-0.4, -0.2) is 102 Å². The van der Waals surface area contributed by atoms with Crippen LogP contribution in [-0.2, 0) is 28.5 Å². The van der Waals surface area contributed by atoms with Crippen LogP contribution in [0.2, 0.25) is 0 Å². The molecule has 196 valence electrons. The summed E-state index contributed by atoms with van der Waals surface area (Å²) < 4.78 is 31.0. The first kappa shape index (κ1) is 25.3. The maximum Gasteiger partial charge on any atom is 0.237 e. The van der Waals surface area contributed by atoms with Crippen LogP contribution in [0.1, 0.15) is 60.3 Å². The number of carbonyl (C=O) groups excluding carboxylic acids is 1. The van der Waals surface area contributed by atoms with E-state index in [2.05, 4.69) is 23.2 Å². The number of amides is 1. The molecule has 0 aromatic heterocycles. The van der Waals surface area contributed by atoms with Crippen LogP contribution in [0, 0.1) is 11.3 Å². The Kier molecular flexibility index (Phi) is 6.67. The van der Waals surface area contributed by atoms with Gasteiger partial charge in [-0.15, -0.1) is 0 Å². The quantitative estimate of drug-likeness (QED) is 0.609. The molecule has 10 heteroatoms. The summed E-state index contributed by atoms with van der Waals surface area (Å²) in [5.74, 6) is -1.39. The smallest absolute Gasteiger partial charge is 0.237 e. The zero-order valence-electron chi connectivity index (χ0n) is 21.6. The summed E-state index contributed by atoms with van der Waals surface area (Å²) >= 11 is 0. The minimum atomic E-state index is -0.719. The van der Waals surface area contributed by atoms with Crippen molar-refractivity contribution < 1.29 is 28.5 Å². The number of hydrogen-bond acceptors (Lipinski definition) is 9. The van der Waals surface area contributed by atoms with Crippen molar-refractivity contribution in [3.8, 4) is 6.07 Å². The number of nitrogens with zero attached hydrogens (tertiary/aromatic N) is 3. The molecule has 0 spiro atoms. The second-order valence-electron chi connectivity index (χ2n) is 11.8. The molecule has 0 saturated carbocycles. The van der Waals surface area contributed by atoms with Crippen molar-refractivity contribution in [1.29, 1.82) is 5.26 Å². The molecule has 10 nitrogen and oxygen atoms in total. The Morgan fingerprint density at radius 3 is 2.34 bits per heavy atom. The standard InChI is InChI=1S/C25H40N4O6/c1-23(2)32-19-17(31-22-21(20(19)33-23)34-24(3,4)35-22)15-28-11-8-25(5,9-12-28)27-14-18(30)29-10-6-7-16(29)13-26/h16-17,19-22,27H,6-12,14-15H2,1-5H3/t16-,17+,19-,20-,21+,22+/m0/s1. The van der Waals surface area contributed by atoms with Crippen LogP contribution in [0.15, 0.2) is 0 Å². The summed E-state index contributed by atoms with van der Waals surface area (Å²) in [5.41, 5.74) is -0.115. The lowest BCUT2D eigenvalue weighted by molar-refractivity contribution is -0.237. The summed E-state index contributed by atoms with van der Waals surface area (Å²) in [6.45, 7) is 13.3.